The van der Waals surface area contributed by atoms with Gasteiger partial charge in [0, 0.05) is 10.6 Å². The van der Waals surface area contributed by atoms with Crippen molar-refractivity contribution in [3.63, 3.8) is 0 Å². The van der Waals surface area contributed by atoms with Gasteiger partial charge in [0.15, 0.2) is 0 Å². The largest absolute Gasteiger partial charge is 0.0930 e. The molecule has 0 aliphatic heterocycles. The molecule has 1 atom stereocenters. The molecule has 0 N–H and O–H groups in total. The van der Waals surface area contributed by atoms with Gasteiger partial charge < -0.3 is 0 Å². The van der Waals surface area contributed by atoms with Crippen molar-refractivity contribution in [1.29, 1.82) is 0 Å². The Kier molecular flexibility index (Phi) is 5.59. The van der Waals surface area contributed by atoms with Crippen LogP contribution in [-0.2, 0) is 5.41 Å². The second kappa shape index (κ2) is 8.19. The first kappa shape index (κ1) is 19.8. The summed E-state index contributed by atoms with van der Waals surface area (Å²) in [5.41, 5.74) is 5.43. The van der Waals surface area contributed by atoms with E-state index in [2.05, 4.69) is 67.6 Å². The van der Waals surface area contributed by atoms with Crippen LogP contribution >= 0.6 is 7.92 Å². The van der Waals surface area contributed by atoms with Crippen LogP contribution in [0.4, 0.5) is 0 Å². The second-order valence-corrected chi connectivity index (χ2v) is 13.3. The highest BCUT2D eigenvalue weighted by molar-refractivity contribution is 7.61. The van der Waals surface area contributed by atoms with Crippen LogP contribution in [-0.4, -0.2) is 16.5 Å². The van der Waals surface area contributed by atoms with Gasteiger partial charge in [0.25, 0.3) is 0 Å². The number of hydrogen-bond donors (Lipinski definition) is 0. The van der Waals surface area contributed by atoms with Crippen LogP contribution in [0.2, 0.25) is 0 Å². The lowest BCUT2D eigenvalue weighted by molar-refractivity contribution is 0.479. The SMILES string of the molecule is C[C@]1(P(C2CCCCC2)C2CCCCC2)CC1(c1ccccc1)c1ccccc1. The summed E-state index contributed by atoms with van der Waals surface area (Å²) in [5.74, 6) is 0. The maximum atomic E-state index is 2.71. The summed E-state index contributed by atoms with van der Waals surface area (Å²) < 4.78 is 0. The van der Waals surface area contributed by atoms with E-state index in [4.69, 9.17) is 0 Å². The van der Waals surface area contributed by atoms with Gasteiger partial charge in [-0.2, -0.15) is 0 Å². The molecule has 0 aromatic heterocycles. The second-order valence-electron chi connectivity index (χ2n) is 10.1. The fraction of sp³-hybridized carbons (Fsp3) is 0.571. The molecule has 3 fully saturated rings. The Bertz CT molecular complexity index is 728. The molecule has 0 heterocycles. The molecule has 0 saturated heterocycles. The third kappa shape index (κ3) is 3.40. The predicted octanol–water partition coefficient (Wildman–Crippen LogP) is 8.28. The Labute approximate surface area is 179 Å². The molecule has 2 aromatic rings. The Balaban J connectivity index is 1.58. The van der Waals surface area contributed by atoms with E-state index in [-0.39, 0.29) is 13.3 Å². The van der Waals surface area contributed by atoms with Crippen LogP contribution in [0.25, 0.3) is 0 Å². The van der Waals surface area contributed by atoms with Gasteiger partial charge in [0.05, 0.1) is 0 Å². The molecule has 29 heavy (non-hydrogen) atoms. The lowest BCUT2D eigenvalue weighted by Crippen LogP contribution is -2.31. The molecule has 0 bridgehead atoms. The number of benzene rings is 2. The summed E-state index contributed by atoms with van der Waals surface area (Å²) in [6.45, 7) is 2.71. The highest BCUT2D eigenvalue weighted by Gasteiger charge is 2.70. The minimum Gasteiger partial charge on any atom is -0.0930 e. The van der Waals surface area contributed by atoms with Gasteiger partial charge in [-0.1, -0.05) is 114 Å². The third-order valence-electron chi connectivity index (χ3n) is 8.44. The molecule has 3 aliphatic carbocycles. The first-order chi connectivity index (χ1) is 14.3. The van der Waals surface area contributed by atoms with Gasteiger partial charge in [-0.15, -0.1) is 0 Å². The van der Waals surface area contributed by atoms with Crippen LogP contribution < -0.4 is 0 Å². The molecule has 0 unspecified atom stereocenters. The molecule has 0 spiro atoms. The molecule has 0 nitrogen and oxygen atoms in total. The zero-order valence-electron chi connectivity index (χ0n) is 18.2. The monoisotopic (exact) mass is 404 g/mol. The van der Waals surface area contributed by atoms with Gasteiger partial charge in [0.2, 0.25) is 0 Å². The van der Waals surface area contributed by atoms with Gasteiger partial charge in [-0.3, -0.25) is 0 Å². The number of hydrogen-bond acceptors (Lipinski definition) is 0. The predicted molar refractivity (Wildman–Crippen MR) is 127 cm³/mol. The standard InChI is InChI=1S/C28H37P/c1-27(29(25-18-10-4-11-19-25)26-20-12-5-13-21-26)22-28(27,23-14-6-2-7-15-23)24-16-8-3-9-17-24/h2-3,6-9,14-17,25-26H,4-5,10-13,18-22H2,1H3/t27-/m0/s1. The van der Waals surface area contributed by atoms with Gasteiger partial charge in [0.1, 0.15) is 0 Å². The normalized spacial score (nSPS) is 27.8. The first-order valence-electron chi connectivity index (χ1n) is 12.2. The minimum absolute atomic E-state index is 0.0380. The Morgan fingerprint density at radius 3 is 1.45 bits per heavy atom. The van der Waals surface area contributed by atoms with E-state index in [1.807, 2.05) is 0 Å². The van der Waals surface area contributed by atoms with Crippen molar-refractivity contribution in [2.45, 2.75) is 99.4 Å². The average molecular weight is 405 g/mol. The van der Waals surface area contributed by atoms with Gasteiger partial charge >= 0.3 is 0 Å². The molecule has 1 heteroatoms. The summed E-state index contributed by atoms with van der Waals surface area (Å²) >= 11 is 0. The van der Waals surface area contributed by atoms with Crippen LogP contribution in [0.1, 0.15) is 88.7 Å². The average Bonchev–Trinajstić information content (AvgIpc) is 3.44. The van der Waals surface area contributed by atoms with Crippen molar-refractivity contribution in [1.82, 2.24) is 0 Å². The zero-order chi connectivity index (χ0) is 19.7. The topological polar surface area (TPSA) is 0 Å². The Morgan fingerprint density at radius 1 is 0.621 bits per heavy atom. The fourth-order valence-corrected chi connectivity index (χ4v) is 12.2. The summed E-state index contributed by atoms with van der Waals surface area (Å²) in [5, 5.41) is 0.467. The van der Waals surface area contributed by atoms with Crippen LogP contribution in [0, 0.1) is 0 Å². The van der Waals surface area contributed by atoms with Crippen molar-refractivity contribution in [3.05, 3.63) is 71.8 Å². The fourth-order valence-electron chi connectivity index (χ4n) is 7.04. The lowest BCUT2D eigenvalue weighted by Gasteiger charge is -2.45. The van der Waals surface area contributed by atoms with E-state index >= 15 is 0 Å². The number of rotatable bonds is 5. The summed E-state index contributed by atoms with van der Waals surface area (Å²) in [4.78, 5) is 0. The van der Waals surface area contributed by atoms with Crippen LogP contribution in [0.15, 0.2) is 60.7 Å². The molecule has 0 radical (unpaired) electrons. The van der Waals surface area contributed by atoms with Crippen LogP contribution in [0.3, 0.4) is 0 Å². The molecule has 2 aromatic carbocycles. The van der Waals surface area contributed by atoms with E-state index in [9.17, 15) is 0 Å². The van der Waals surface area contributed by atoms with E-state index in [1.54, 1.807) is 11.1 Å². The quantitative estimate of drug-likeness (QED) is 0.440. The summed E-state index contributed by atoms with van der Waals surface area (Å²) in [6, 6.07) is 23.1. The molecule has 3 aliphatic rings. The zero-order valence-corrected chi connectivity index (χ0v) is 19.0. The Morgan fingerprint density at radius 2 is 1.03 bits per heavy atom. The third-order valence-corrected chi connectivity index (χ3v) is 12.7. The van der Waals surface area contributed by atoms with Crippen molar-refractivity contribution in [2.24, 2.45) is 0 Å². The molecule has 5 rings (SSSR count). The van der Waals surface area contributed by atoms with E-state index in [0.29, 0.717) is 5.16 Å². The molecule has 0 amide bonds. The van der Waals surface area contributed by atoms with Crippen molar-refractivity contribution >= 4 is 7.92 Å². The van der Waals surface area contributed by atoms with Gasteiger partial charge in [-0.05, 0) is 54.5 Å². The molecular weight excluding hydrogens is 367 g/mol. The van der Waals surface area contributed by atoms with E-state index in [0.717, 1.165) is 11.3 Å². The highest BCUT2D eigenvalue weighted by atomic mass is 31.1. The summed E-state index contributed by atoms with van der Waals surface area (Å²) in [7, 11) is 0.0380. The van der Waals surface area contributed by atoms with E-state index in [1.165, 1.54) is 70.6 Å². The maximum absolute atomic E-state index is 2.71. The van der Waals surface area contributed by atoms with E-state index < -0.39 is 0 Å². The minimum atomic E-state index is 0.0380. The smallest absolute Gasteiger partial charge is 0.0305 e. The summed E-state index contributed by atoms with van der Waals surface area (Å²) in [6.07, 6.45) is 16.3. The maximum Gasteiger partial charge on any atom is 0.0305 e. The van der Waals surface area contributed by atoms with Gasteiger partial charge in [-0.25, -0.2) is 0 Å². The first-order valence-corrected chi connectivity index (χ1v) is 13.6. The highest BCUT2D eigenvalue weighted by Crippen LogP contribution is 2.81. The van der Waals surface area contributed by atoms with Crippen molar-refractivity contribution < 1.29 is 0 Å². The van der Waals surface area contributed by atoms with Crippen LogP contribution in [0.5, 0.6) is 0 Å². The Hall–Kier alpha value is -1.13. The van der Waals surface area contributed by atoms with Crippen molar-refractivity contribution in [2.75, 3.05) is 0 Å². The molecular formula is C28H37P. The van der Waals surface area contributed by atoms with Crippen molar-refractivity contribution in [3.8, 4) is 0 Å². The molecule has 3 saturated carbocycles. The lowest BCUT2D eigenvalue weighted by atomic mass is 9.86. The molecule has 154 valence electrons.